The Morgan fingerprint density at radius 3 is 2.44 bits per heavy atom. The second kappa shape index (κ2) is 7.40. The van der Waals surface area contributed by atoms with Gasteiger partial charge in [-0.2, -0.15) is 0 Å². The average molecular weight is 385 g/mol. The molecule has 0 radical (unpaired) electrons. The highest BCUT2D eigenvalue weighted by Gasteiger charge is 2.25. The van der Waals surface area contributed by atoms with Gasteiger partial charge in [0.1, 0.15) is 11.5 Å². The molecule has 1 aliphatic heterocycles. The van der Waals surface area contributed by atoms with Gasteiger partial charge in [-0.3, -0.25) is 4.79 Å². The van der Waals surface area contributed by atoms with Gasteiger partial charge < -0.3 is 14.4 Å². The molecular formula is C20H18ClFN4O. The molecule has 1 aromatic carbocycles. The highest BCUT2D eigenvalue weighted by Crippen LogP contribution is 2.22. The number of halogens is 2. The van der Waals surface area contributed by atoms with Crippen LogP contribution in [0, 0.1) is 5.82 Å². The van der Waals surface area contributed by atoms with Gasteiger partial charge in [-0.15, -0.1) is 0 Å². The van der Waals surface area contributed by atoms with E-state index in [1.165, 1.54) is 12.1 Å². The van der Waals surface area contributed by atoms with E-state index in [0.717, 1.165) is 5.69 Å². The second-order valence-corrected chi connectivity index (χ2v) is 6.69. The molecule has 0 atom stereocenters. The molecule has 1 fully saturated rings. The van der Waals surface area contributed by atoms with Crippen LogP contribution in [0.3, 0.4) is 0 Å². The predicted molar refractivity (Wildman–Crippen MR) is 103 cm³/mol. The number of anilines is 1. The predicted octanol–water partition coefficient (Wildman–Crippen LogP) is 3.63. The first kappa shape index (κ1) is 17.5. The number of hydrogen-bond acceptors (Lipinski definition) is 3. The Kier molecular flexibility index (Phi) is 4.81. The fourth-order valence-corrected chi connectivity index (χ4v) is 3.51. The number of carbonyl (C=O) groups excluding carboxylic acids is 1. The summed E-state index contributed by atoms with van der Waals surface area (Å²) in [5.74, 6) is -0.291. The molecule has 5 nitrogen and oxygen atoms in total. The van der Waals surface area contributed by atoms with Crippen molar-refractivity contribution >= 4 is 23.2 Å². The van der Waals surface area contributed by atoms with Crippen molar-refractivity contribution < 1.29 is 9.18 Å². The zero-order chi connectivity index (χ0) is 18.8. The smallest absolute Gasteiger partial charge is 0.270 e. The van der Waals surface area contributed by atoms with Crippen LogP contribution in [0.5, 0.6) is 0 Å². The molecule has 2 aromatic heterocycles. The van der Waals surface area contributed by atoms with Gasteiger partial charge in [0, 0.05) is 44.3 Å². The molecule has 0 aliphatic carbocycles. The van der Waals surface area contributed by atoms with Crippen molar-refractivity contribution in [3.63, 3.8) is 0 Å². The van der Waals surface area contributed by atoms with Crippen LogP contribution in [0.25, 0.3) is 5.69 Å². The van der Waals surface area contributed by atoms with E-state index in [9.17, 15) is 9.18 Å². The van der Waals surface area contributed by atoms with Crippen molar-refractivity contribution in [2.75, 3.05) is 31.1 Å². The molecule has 3 heterocycles. The van der Waals surface area contributed by atoms with E-state index < -0.39 is 0 Å². The van der Waals surface area contributed by atoms with Gasteiger partial charge in [0.05, 0.1) is 5.69 Å². The Balaban J connectivity index is 1.49. The summed E-state index contributed by atoms with van der Waals surface area (Å²) >= 11 is 6.19. The van der Waals surface area contributed by atoms with Crippen LogP contribution < -0.4 is 4.90 Å². The fraction of sp³-hybridized carbons (Fsp3) is 0.200. The van der Waals surface area contributed by atoms with Gasteiger partial charge in [0.15, 0.2) is 5.15 Å². The molecular weight excluding hydrogens is 367 g/mol. The van der Waals surface area contributed by atoms with Crippen LogP contribution in [0.4, 0.5) is 10.1 Å². The van der Waals surface area contributed by atoms with Gasteiger partial charge in [0.2, 0.25) is 0 Å². The summed E-state index contributed by atoms with van der Waals surface area (Å²) in [7, 11) is 0. The van der Waals surface area contributed by atoms with Crippen molar-refractivity contribution in [2.45, 2.75) is 0 Å². The Morgan fingerprint density at radius 1 is 1.00 bits per heavy atom. The number of amides is 1. The van der Waals surface area contributed by atoms with E-state index in [4.69, 9.17) is 11.6 Å². The lowest BCUT2D eigenvalue weighted by Crippen LogP contribution is -2.49. The lowest BCUT2D eigenvalue weighted by atomic mass is 10.2. The van der Waals surface area contributed by atoms with E-state index in [1.807, 2.05) is 23.2 Å². The number of piperazine rings is 1. The molecule has 138 valence electrons. The molecule has 1 aliphatic rings. The quantitative estimate of drug-likeness (QED) is 0.647. The minimum Gasteiger partial charge on any atom is -0.368 e. The molecule has 1 amide bonds. The van der Waals surface area contributed by atoms with Crippen molar-refractivity contribution in [1.29, 1.82) is 0 Å². The zero-order valence-corrected chi connectivity index (χ0v) is 15.3. The Morgan fingerprint density at radius 2 is 1.74 bits per heavy atom. The van der Waals surface area contributed by atoms with Crippen LogP contribution in [-0.4, -0.2) is 46.5 Å². The number of nitrogens with zero attached hydrogens (tertiary/aromatic N) is 4. The third-order valence-corrected chi connectivity index (χ3v) is 5.02. The highest BCUT2D eigenvalue weighted by atomic mass is 35.5. The third-order valence-electron chi connectivity index (χ3n) is 4.73. The Labute approximate surface area is 161 Å². The maximum atomic E-state index is 13.1. The Bertz CT molecular complexity index is 949. The summed E-state index contributed by atoms with van der Waals surface area (Å²) in [5.41, 5.74) is 2.20. The average Bonchev–Trinajstić information content (AvgIpc) is 3.18. The summed E-state index contributed by atoms with van der Waals surface area (Å²) in [6.07, 6.45) is 3.43. The van der Waals surface area contributed by atoms with E-state index in [0.29, 0.717) is 42.7 Å². The molecule has 0 saturated carbocycles. The largest absolute Gasteiger partial charge is 0.368 e. The summed E-state index contributed by atoms with van der Waals surface area (Å²) in [6.45, 7) is 2.60. The molecule has 27 heavy (non-hydrogen) atoms. The fourth-order valence-electron chi connectivity index (χ4n) is 3.30. The molecule has 0 spiro atoms. The van der Waals surface area contributed by atoms with Crippen molar-refractivity contribution in [2.24, 2.45) is 0 Å². The topological polar surface area (TPSA) is 41.4 Å². The molecule has 0 N–H and O–H groups in total. The van der Waals surface area contributed by atoms with Gasteiger partial charge in [-0.1, -0.05) is 11.6 Å². The monoisotopic (exact) mass is 384 g/mol. The summed E-state index contributed by atoms with van der Waals surface area (Å²) < 4.78 is 14.9. The number of aromatic nitrogens is 2. The Hall–Kier alpha value is -2.86. The molecule has 3 aromatic rings. The third kappa shape index (κ3) is 3.53. The number of hydrogen-bond donors (Lipinski definition) is 0. The van der Waals surface area contributed by atoms with Crippen molar-refractivity contribution in [3.8, 4) is 5.69 Å². The van der Waals surface area contributed by atoms with Crippen molar-refractivity contribution in [3.05, 3.63) is 77.6 Å². The van der Waals surface area contributed by atoms with E-state index in [-0.39, 0.29) is 11.7 Å². The number of rotatable bonds is 3. The summed E-state index contributed by atoms with van der Waals surface area (Å²) in [4.78, 5) is 21.1. The SMILES string of the molecule is O=C(c1cccn1-c1cccnc1Cl)N1CCN(c2ccc(F)cc2)CC1. The molecule has 1 saturated heterocycles. The van der Waals surface area contributed by atoms with Crippen LogP contribution in [0.1, 0.15) is 10.5 Å². The second-order valence-electron chi connectivity index (χ2n) is 6.33. The normalized spacial score (nSPS) is 14.4. The van der Waals surface area contributed by atoms with Gasteiger partial charge >= 0.3 is 0 Å². The van der Waals surface area contributed by atoms with Crippen molar-refractivity contribution in [1.82, 2.24) is 14.5 Å². The van der Waals surface area contributed by atoms with Crippen LogP contribution in [-0.2, 0) is 0 Å². The maximum absolute atomic E-state index is 13.1. The van der Waals surface area contributed by atoms with Crippen LogP contribution >= 0.6 is 11.6 Å². The minimum absolute atomic E-state index is 0.0429. The lowest BCUT2D eigenvalue weighted by Gasteiger charge is -2.36. The summed E-state index contributed by atoms with van der Waals surface area (Å²) in [5, 5.41) is 0.351. The van der Waals surface area contributed by atoms with Gasteiger partial charge in [-0.25, -0.2) is 9.37 Å². The zero-order valence-electron chi connectivity index (χ0n) is 14.6. The number of pyridine rings is 1. The lowest BCUT2D eigenvalue weighted by molar-refractivity contribution is 0.0739. The molecule has 4 rings (SSSR count). The maximum Gasteiger partial charge on any atom is 0.270 e. The van der Waals surface area contributed by atoms with E-state index in [2.05, 4.69) is 9.88 Å². The highest BCUT2D eigenvalue weighted by molar-refractivity contribution is 6.31. The summed E-state index contributed by atoms with van der Waals surface area (Å²) in [6, 6.07) is 13.7. The van der Waals surface area contributed by atoms with Crippen LogP contribution in [0.15, 0.2) is 60.9 Å². The minimum atomic E-state index is -0.248. The molecule has 0 unspecified atom stereocenters. The number of benzene rings is 1. The molecule has 0 bridgehead atoms. The van der Waals surface area contributed by atoms with Gasteiger partial charge in [0.25, 0.3) is 5.91 Å². The first-order chi connectivity index (χ1) is 13.1. The van der Waals surface area contributed by atoms with E-state index >= 15 is 0 Å². The first-order valence-corrected chi connectivity index (χ1v) is 9.09. The van der Waals surface area contributed by atoms with Gasteiger partial charge in [-0.05, 0) is 48.5 Å². The standard InChI is InChI=1S/C20H18ClFN4O/c21-19-17(3-1-9-23-19)26-10-2-4-18(26)20(27)25-13-11-24(12-14-25)16-7-5-15(22)6-8-16/h1-10H,11-14H2. The number of carbonyl (C=O) groups is 1. The molecule has 7 heteroatoms. The first-order valence-electron chi connectivity index (χ1n) is 8.71. The van der Waals surface area contributed by atoms with E-state index in [1.54, 1.807) is 35.0 Å². The van der Waals surface area contributed by atoms with Crippen LogP contribution in [0.2, 0.25) is 5.15 Å².